The Kier molecular flexibility index (Phi) is 7.19. The van der Waals surface area contributed by atoms with Crippen LogP contribution in [0.5, 0.6) is 0 Å². The smallest absolute Gasteiger partial charge is 0.275 e. The number of amides is 1. The van der Waals surface area contributed by atoms with Crippen LogP contribution in [0.25, 0.3) is 5.69 Å². The molecule has 1 heterocycles. The van der Waals surface area contributed by atoms with E-state index >= 15 is 0 Å². The summed E-state index contributed by atoms with van der Waals surface area (Å²) < 4.78 is 1.60. The molecule has 1 amide bonds. The highest BCUT2D eigenvalue weighted by atomic mass is 35.5. The van der Waals surface area contributed by atoms with Crippen molar-refractivity contribution in [2.45, 2.75) is 26.3 Å². The van der Waals surface area contributed by atoms with Gasteiger partial charge >= 0.3 is 0 Å². The minimum absolute atomic E-state index is 0. The molecule has 2 rings (SSSR count). The van der Waals surface area contributed by atoms with E-state index in [1.807, 2.05) is 30.3 Å². The van der Waals surface area contributed by atoms with E-state index < -0.39 is 0 Å². The van der Waals surface area contributed by atoms with Gasteiger partial charge in [0.15, 0.2) is 5.69 Å². The van der Waals surface area contributed by atoms with Crippen LogP contribution in [0.15, 0.2) is 36.5 Å². The van der Waals surface area contributed by atoms with Crippen molar-refractivity contribution in [1.29, 1.82) is 0 Å². The van der Waals surface area contributed by atoms with E-state index in [9.17, 15) is 4.79 Å². The van der Waals surface area contributed by atoms with E-state index in [-0.39, 0.29) is 24.4 Å². The molecule has 1 aromatic carbocycles. The van der Waals surface area contributed by atoms with Crippen LogP contribution < -0.4 is 5.73 Å². The van der Waals surface area contributed by atoms with E-state index in [4.69, 9.17) is 5.73 Å². The van der Waals surface area contributed by atoms with Crippen molar-refractivity contribution < 1.29 is 4.79 Å². The van der Waals surface area contributed by atoms with Crippen molar-refractivity contribution >= 4 is 18.3 Å². The van der Waals surface area contributed by atoms with Gasteiger partial charge in [-0.1, -0.05) is 37.3 Å². The van der Waals surface area contributed by atoms with Crippen LogP contribution in [0.2, 0.25) is 0 Å². The van der Waals surface area contributed by atoms with Crippen LogP contribution in [-0.2, 0) is 0 Å². The fourth-order valence-corrected chi connectivity index (χ4v) is 2.04. The molecule has 6 nitrogen and oxygen atoms in total. The average Bonchev–Trinajstić information content (AvgIpc) is 3.02. The summed E-state index contributed by atoms with van der Waals surface area (Å²) in [6, 6.07) is 9.67. The summed E-state index contributed by atoms with van der Waals surface area (Å²) in [4.78, 5) is 14.0. The zero-order valence-corrected chi connectivity index (χ0v) is 14.5. The highest BCUT2D eigenvalue weighted by Gasteiger charge is 2.17. The second kappa shape index (κ2) is 8.64. The molecule has 2 N–H and O–H groups in total. The van der Waals surface area contributed by atoms with Crippen molar-refractivity contribution in [2.75, 3.05) is 13.6 Å². The zero-order chi connectivity index (χ0) is 16.1. The quantitative estimate of drug-likeness (QED) is 0.876. The molecule has 0 aliphatic heterocycles. The van der Waals surface area contributed by atoms with E-state index in [0.717, 1.165) is 12.1 Å². The Morgan fingerprint density at radius 3 is 2.57 bits per heavy atom. The molecule has 126 valence electrons. The Bertz CT molecular complexity index is 614. The molecule has 0 aliphatic rings. The Balaban J connectivity index is 0.00000264. The van der Waals surface area contributed by atoms with Gasteiger partial charge in [0.2, 0.25) is 0 Å². The molecule has 1 unspecified atom stereocenters. The molecular weight excluding hydrogens is 314 g/mol. The normalized spacial score (nSPS) is 11.9. The first-order valence-corrected chi connectivity index (χ1v) is 7.48. The second-order valence-corrected chi connectivity index (χ2v) is 5.81. The standard InChI is InChI=1S/C16H23N5O.ClH/c1-12(2)14(17)9-10-20(3)16(22)15-11-21(19-18-15)13-7-5-4-6-8-13;/h4-8,11-12,14H,9-10,17H2,1-3H3;1H. The van der Waals surface area contributed by atoms with Crippen molar-refractivity contribution in [1.82, 2.24) is 19.9 Å². The molecule has 7 heteroatoms. The molecule has 0 saturated carbocycles. The van der Waals surface area contributed by atoms with E-state index in [1.165, 1.54) is 0 Å². The van der Waals surface area contributed by atoms with E-state index in [2.05, 4.69) is 24.2 Å². The van der Waals surface area contributed by atoms with Crippen LogP contribution >= 0.6 is 12.4 Å². The molecule has 0 aliphatic carbocycles. The number of halogens is 1. The van der Waals surface area contributed by atoms with Gasteiger partial charge in [0.1, 0.15) is 0 Å². The Morgan fingerprint density at radius 2 is 1.96 bits per heavy atom. The molecule has 1 aromatic heterocycles. The van der Waals surface area contributed by atoms with Gasteiger partial charge < -0.3 is 10.6 Å². The first-order valence-electron chi connectivity index (χ1n) is 7.48. The number of hydrogen-bond donors (Lipinski definition) is 1. The highest BCUT2D eigenvalue weighted by molar-refractivity contribution is 5.91. The fourth-order valence-electron chi connectivity index (χ4n) is 2.04. The predicted molar refractivity (Wildman–Crippen MR) is 93.0 cm³/mol. The summed E-state index contributed by atoms with van der Waals surface area (Å²) in [5.74, 6) is 0.264. The van der Waals surface area contributed by atoms with Gasteiger partial charge in [0, 0.05) is 19.6 Å². The van der Waals surface area contributed by atoms with E-state index in [1.54, 1.807) is 22.8 Å². The molecule has 0 saturated heterocycles. The number of nitrogens with two attached hydrogens (primary N) is 1. The third-order valence-electron chi connectivity index (χ3n) is 3.73. The van der Waals surface area contributed by atoms with E-state index in [0.29, 0.717) is 18.2 Å². The third-order valence-corrected chi connectivity index (χ3v) is 3.73. The van der Waals surface area contributed by atoms with Gasteiger partial charge in [-0.05, 0) is 24.5 Å². The molecule has 2 aromatic rings. The molecule has 1 atom stereocenters. The second-order valence-electron chi connectivity index (χ2n) is 5.81. The van der Waals surface area contributed by atoms with Crippen molar-refractivity contribution in [3.63, 3.8) is 0 Å². The van der Waals surface area contributed by atoms with Gasteiger partial charge in [0.25, 0.3) is 5.91 Å². The number of hydrogen-bond acceptors (Lipinski definition) is 4. The molecule has 23 heavy (non-hydrogen) atoms. The highest BCUT2D eigenvalue weighted by Crippen LogP contribution is 2.08. The maximum atomic E-state index is 12.3. The maximum absolute atomic E-state index is 12.3. The summed E-state index contributed by atoms with van der Waals surface area (Å²) in [6.45, 7) is 4.77. The average molecular weight is 338 g/mol. The van der Waals surface area contributed by atoms with Crippen LogP contribution in [0.3, 0.4) is 0 Å². The van der Waals surface area contributed by atoms with Gasteiger partial charge in [-0.25, -0.2) is 4.68 Å². The van der Waals surface area contributed by atoms with Gasteiger partial charge in [-0.3, -0.25) is 4.79 Å². The lowest BCUT2D eigenvalue weighted by atomic mass is 10.0. The molecule has 0 bridgehead atoms. The Hall–Kier alpha value is -1.92. The molecule has 0 fully saturated rings. The monoisotopic (exact) mass is 337 g/mol. The molecule has 0 spiro atoms. The minimum atomic E-state index is -0.141. The van der Waals surface area contributed by atoms with Crippen LogP contribution in [0.1, 0.15) is 30.8 Å². The number of rotatable bonds is 6. The molecule has 0 radical (unpaired) electrons. The Labute approximate surface area is 143 Å². The maximum Gasteiger partial charge on any atom is 0.275 e. The van der Waals surface area contributed by atoms with Gasteiger partial charge in [0.05, 0.1) is 11.9 Å². The third kappa shape index (κ3) is 5.04. The summed E-state index contributed by atoms with van der Waals surface area (Å²) in [6.07, 6.45) is 2.42. The largest absolute Gasteiger partial charge is 0.340 e. The number of carbonyl (C=O) groups excluding carboxylic acids is 1. The van der Waals surface area contributed by atoms with Crippen molar-refractivity contribution in [3.05, 3.63) is 42.2 Å². The topological polar surface area (TPSA) is 77.0 Å². The summed E-state index contributed by atoms with van der Waals surface area (Å²) in [7, 11) is 1.76. The van der Waals surface area contributed by atoms with Crippen LogP contribution in [0.4, 0.5) is 0 Å². The molecular formula is C16H24ClN5O. The summed E-state index contributed by atoms with van der Waals surface area (Å²) >= 11 is 0. The lowest BCUT2D eigenvalue weighted by molar-refractivity contribution is 0.0783. The number of benzene rings is 1. The minimum Gasteiger partial charge on any atom is -0.340 e. The first kappa shape index (κ1) is 19.1. The predicted octanol–water partition coefficient (Wildman–Crippen LogP) is 2.13. The van der Waals surface area contributed by atoms with Gasteiger partial charge in [-0.2, -0.15) is 0 Å². The van der Waals surface area contributed by atoms with Crippen LogP contribution in [-0.4, -0.2) is 45.4 Å². The van der Waals surface area contributed by atoms with Gasteiger partial charge in [-0.15, -0.1) is 17.5 Å². The number of para-hydroxylation sites is 1. The van der Waals surface area contributed by atoms with Crippen molar-refractivity contribution in [3.8, 4) is 5.69 Å². The Morgan fingerprint density at radius 1 is 1.30 bits per heavy atom. The lowest BCUT2D eigenvalue weighted by Gasteiger charge is -2.20. The number of nitrogens with zero attached hydrogens (tertiary/aromatic N) is 4. The SMILES string of the molecule is CC(C)C(N)CCN(C)C(=O)c1cn(-c2ccccc2)nn1.Cl. The lowest BCUT2D eigenvalue weighted by Crippen LogP contribution is -2.34. The van der Waals surface area contributed by atoms with Crippen molar-refractivity contribution in [2.24, 2.45) is 11.7 Å². The zero-order valence-electron chi connectivity index (χ0n) is 13.7. The number of carbonyl (C=O) groups is 1. The first-order chi connectivity index (χ1) is 10.5. The summed E-state index contributed by atoms with van der Waals surface area (Å²) in [5, 5.41) is 7.97. The number of aromatic nitrogens is 3. The van der Waals surface area contributed by atoms with Crippen LogP contribution in [0, 0.1) is 5.92 Å². The summed E-state index contributed by atoms with van der Waals surface area (Å²) in [5.41, 5.74) is 7.22. The fraction of sp³-hybridized carbons (Fsp3) is 0.438.